The summed E-state index contributed by atoms with van der Waals surface area (Å²) in [5.41, 5.74) is 1.31. The van der Waals surface area contributed by atoms with Crippen LogP contribution in [-0.2, 0) is 0 Å². The van der Waals surface area contributed by atoms with E-state index in [1.165, 1.54) is 6.07 Å². The number of nitrogens with zero attached hydrogens (tertiary/aromatic N) is 3. The van der Waals surface area contributed by atoms with Crippen LogP contribution in [-0.4, -0.2) is 52.3 Å². The maximum absolute atomic E-state index is 14.3. The van der Waals surface area contributed by atoms with E-state index < -0.39 is 5.82 Å². The summed E-state index contributed by atoms with van der Waals surface area (Å²) < 4.78 is 14.3. The molecule has 140 valence electrons. The molecule has 3 aliphatic rings. The molecule has 1 aromatic heterocycles. The molecule has 0 radical (unpaired) electrons. The van der Waals surface area contributed by atoms with Crippen LogP contribution in [0.25, 0.3) is 0 Å². The van der Waals surface area contributed by atoms with E-state index in [4.69, 9.17) is 0 Å². The van der Waals surface area contributed by atoms with Crippen LogP contribution >= 0.6 is 0 Å². The Morgan fingerprint density at radius 1 is 1.07 bits per heavy atom. The van der Waals surface area contributed by atoms with Crippen LogP contribution in [0, 0.1) is 18.7 Å². The summed E-state index contributed by atoms with van der Waals surface area (Å²) in [6, 6.07) is 9.89. The highest BCUT2D eigenvalue weighted by molar-refractivity contribution is 5.95. The predicted octanol–water partition coefficient (Wildman–Crippen LogP) is 2.91. The molecule has 3 fully saturated rings. The van der Waals surface area contributed by atoms with E-state index in [-0.39, 0.29) is 29.3 Å². The van der Waals surface area contributed by atoms with Gasteiger partial charge in [-0.3, -0.25) is 14.6 Å². The molecular weight excluding hydrogens is 345 g/mol. The number of hydrogen-bond acceptors (Lipinski definition) is 3. The molecule has 3 saturated heterocycles. The number of fused-ring (bicyclic) bond motifs is 4. The Kier molecular flexibility index (Phi) is 4.64. The fourth-order valence-corrected chi connectivity index (χ4v) is 4.10. The van der Waals surface area contributed by atoms with E-state index in [2.05, 4.69) is 4.98 Å². The minimum Gasteiger partial charge on any atom is -0.335 e. The van der Waals surface area contributed by atoms with Crippen molar-refractivity contribution < 1.29 is 14.0 Å². The summed E-state index contributed by atoms with van der Waals surface area (Å²) in [7, 11) is 0. The van der Waals surface area contributed by atoms with E-state index in [1.807, 2.05) is 0 Å². The predicted molar refractivity (Wildman–Crippen MR) is 98.8 cm³/mol. The first kappa shape index (κ1) is 17.6. The van der Waals surface area contributed by atoms with Gasteiger partial charge >= 0.3 is 0 Å². The monoisotopic (exact) mass is 367 g/mol. The number of pyridine rings is 1. The molecule has 1 aromatic carbocycles. The molecule has 0 aliphatic carbocycles. The van der Waals surface area contributed by atoms with Gasteiger partial charge in [-0.1, -0.05) is 12.1 Å². The molecule has 27 heavy (non-hydrogen) atoms. The first-order valence-electron chi connectivity index (χ1n) is 9.30. The van der Waals surface area contributed by atoms with Gasteiger partial charge in [0.2, 0.25) is 0 Å². The van der Waals surface area contributed by atoms with Gasteiger partial charge in [0.25, 0.3) is 11.8 Å². The van der Waals surface area contributed by atoms with Crippen molar-refractivity contribution in [1.29, 1.82) is 0 Å². The van der Waals surface area contributed by atoms with E-state index in [1.54, 1.807) is 53.3 Å². The molecule has 2 aromatic rings. The van der Waals surface area contributed by atoms with Gasteiger partial charge < -0.3 is 9.80 Å². The Morgan fingerprint density at radius 3 is 2.67 bits per heavy atom. The highest BCUT2D eigenvalue weighted by Crippen LogP contribution is 2.30. The number of aromatic nitrogens is 1. The third kappa shape index (κ3) is 3.44. The Labute approximate surface area is 157 Å². The van der Waals surface area contributed by atoms with Gasteiger partial charge in [0.15, 0.2) is 0 Å². The summed E-state index contributed by atoms with van der Waals surface area (Å²) in [5.74, 6) is -0.673. The lowest BCUT2D eigenvalue weighted by molar-refractivity contribution is 0.0569. The van der Waals surface area contributed by atoms with E-state index in [9.17, 15) is 14.0 Å². The normalized spacial score (nSPS) is 21.9. The molecule has 2 bridgehead atoms. The summed E-state index contributed by atoms with van der Waals surface area (Å²) in [5, 5.41) is 0. The third-order valence-corrected chi connectivity index (χ3v) is 5.50. The molecule has 5 rings (SSSR count). The number of carbonyl (C=O) groups is 2. The van der Waals surface area contributed by atoms with Crippen molar-refractivity contribution >= 4 is 11.8 Å². The Morgan fingerprint density at radius 2 is 1.93 bits per heavy atom. The molecular formula is C21H22FN3O2. The lowest BCUT2D eigenvalue weighted by atomic mass is 9.94. The van der Waals surface area contributed by atoms with E-state index >= 15 is 0 Å². The summed E-state index contributed by atoms with van der Waals surface area (Å²) in [4.78, 5) is 33.5. The van der Waals surface area contributed by atoms with Crippen LogP contribution in [0.2, 0.25) is 0 Å². The second-order valence-corrected chi connectivity index (χ2v) is 7.46. The molecule has 6 heteroatoms. The van der Waals surface area contributed by atoms with Crippen molar-refractivity contribution in [3.05, 3.63) is 65.2 Å². The van der Waals surface area contributed by atoms with Crippen molar-refractivity contribution in [3.63, 3.8) is 0 Å². The van der Waals surface area contributed by atoms with Gasteiger partial charge in [0.05, 0.1) is 5.56 Å². The third-order valence-electron chi connectivity index (χ3n) is 5.50. The smallest absolute Gasteiger partial charge is 0.272 e. The molecule has 0 spiro atoms. The van der Waals surface area contributed by atoms with Crippen molar-refractivity contribution in [1.82, 2.24) is 14.8 Å². The zero-order chi connectivity index (χ0) is 19.0. The molecule has 2 atom stereocenters. The first-order valence-corrected chi connectivity index (χ1v) is 9.30. The average molecular weight is 367 g/mol. The SMILES string of the molecule is Cc1ccc(C(=O)N2C[C@H]3CC[C@@H]2CN(C(=O)c2ccccn2)C3)c(F)c1. The summed E-state index contributed by atoms with van der Waals surface area (Å²) in [6.07, 6.45) is 3.41. The number of hydrogen-bond donors (Lipinski definition) is 0. The number of halogens is 1. The second kappa shape index (κ2) is 7.10. The van der Waals surface area contributed by atoms with Gasteiger partial charge in [-0.2, -0.15) is 0 Å². The standard InChI is InChI=1S/C21H22FN3O2/c1-14-5-8-17(18(22)10-14)20(26)25-12-15-6-7-16(25)13-24(11-15)21(27)19-4-2-3-9-23-19/h2-5,8-10,15-16H,6-7,11-13H2,1H3/t15-,16+/m0/s1. The van der Waals surface area contributed by atoms with Gasteiger partial charge in [-0.25, -0.2) is 4.39 Å². The van der Waals surface area contributed by atoms with Crippen LogP contribution in [0.3, 0.4) is 0 Å². The van der Waals surface area contributed by atoms with Crippen molar-refractivity contribution in [2.45, 2.75) is 25.8 Å². The summed E-state index contributed by atoms with van der Waals surface area (Å²) >= 11 is 0. The van der Waals surface area contributed by atoms with Gasteiger partial charge in [-0.05, 0) is 55.5 Å². The number of carbonyl (C=O) groups excluding carboxylic acids is 2. The minimum atomic E-state index is -0.485. The van der Waals surface area contributed by atoms with Gasteiger partial charge in [0.1, 0.15) is 11.5 Å². The molecule has 0 saturated carbocycles. The van der Waals surface area contributed by atoms with Crippen LogP contribution in [0.4, 0.5) is 4.39 Å². The number of piperidine rings is 1. The number of amides is 2. The lowest BCUT2D eigenvalue weighted by Crippen LogP contribution is -2.48. The van der Waals surface area contributed by atoms with Crippen molar-refractivity contribution in [2.24, 2.45) is 5.92 Å². The number of rotatable bonds is 2. The highest BCUT2D eigenvalue weighted by atomic mass is 19.1. The molecule has 2 amide bonds. The van der Waals surface area contributed by atoms with Crippen LogP contribution in [0.1, 0.15) is 39.3 Å². The quantitative estimate of drug-likeness (QED) is 0.820. The second-order valence-electron chi connectivity index (χ2n) is 7.46. The topological polar surface area (TPSA) is 53.5 Å². The summed E-state index contributed by atoms with van der Waals surface area (Å²) in [6.45, 7) is 3.42. The lowest BCUT2D eigenvalue weighted by Gasteiger charge is -2.36. The fraction of sp³-hybridized carbons (Fsp3) is 0.381. The molecule has 5 nitrogen and oxygen atoms in total. The molecule has 4 heterocycles. The van der Waals surface area contributed by atoms with Gasteiger partial charge in [0, 0.05) is 31.9 Å². The van der Waals surface area contributed by atoms with E-state index in [0.717, 1.165) is 18.4 Å². The Balaban J connectivity index is 1.56. The highest BCUT2D eigenvalue weighted by Gasteiger charge is 2.39. The van der Waals surface area contributed by atoms with Crippen LogP contribution in [0.15, 0.2) is 42.6 Å². The molecule has 0 unspecified atom stereocenters. The van der Waals surface area contributed by atoms with Gasteiger partial charge in [-0.15, -0.1) is 0 Å². The first-order chi connectivity index (χ1) is 13.0. The maximum Gasteiger partial charge on any atom is 0.272 e. The van der Waals surface area contributed by atoms with E-state index in [0.29, 0.717) is 25.3 Å². The Bertz CT molecular complexity index is 871. The zero-order valence-electron chi connectivity index (χ0n) is 15.3. The minimum absolute atomic E-state index is 0.0929. The fourth-order valence-electron chi connectivity index (χ4n) is 4.10. The van der Waals surface area contributed by atoms with Crippen molar-refractivity contribution in [2.75, 3.05) is 19.6 Å². The van der Waals surface area contributed by atoms with Crippen LogP contribution < -0.4 is 0 Å². The average Bonchev–Trinajstić information content (AvgIpc) is 2.99. The molecule has 3 aliphatic heterocycles. The Hall–Kier alpha value is -2.76. The molecule has 0 N–H and O–H groups in total. The van der Waals surface area contributed by atoms with Crippen LogP contribution in [0.5, 0.6) is 0 Å². The maximum atomic E-state index is 14.3. The largest absolute Gasteiger partial charge is 0.335 e. The zero-order valence-corrected chi connectivity index (χ0v) is 15.3. The number of benzene rings is 1. The van der Waals surface area contributed by atoms with Crippen molar-refractivity contribution in [3.8, 4) is 0 Å². The number of aryl methyl sites for hydroxylation is 1.